The van der Waals surface area contributed by atoms with Crippen molar-refractivity contribution in [1.82, 2.24) is 20.3 Å². The standard InChI is InChI=1S/C18H17FN4O2S/c19-12-8-20-18(21-9-12)25-14-4-2-13(3-5-14)23-17(24)11-1-6-15-16(7-11)26-10-22-15/h1,6-10,13-14H,2-5H2,(H,23,24). The average Bonchev–Trinajstić information content (AvgIpc) is 3.13. The van der Waals surface area contributed by atoms with E-state index in [4.69, 9.17) is 4.74 Å². The topological polar surface area (TPSA) is 77.0 Å². The fraction of sp³-hybridized carbons (Fsp3) is 0.333. The molecule has 1 fully saturated rings. The van der Waals surface area contributed by atoms with Crippen LogP contribution < -0.4 is 10.1 Å². The molecule has 1 aromatic carbocycles. The van der Waals surface area contributed by atoms with Crippen LogP contribution in [0.3, 0.4) is 0 Å². The van der Waals surface area contributed by atoms with Crippen molar-refractivity contribution in [3.05, 3.63) is 47.5 Å². The highest BCUT2D eigenvalue weighted by Gasteiger charge is 2.24. The van der Waals surface area contributed by atoms with Crippen LogP contribution in [-0.2, 0) is 0 Å². The summed E-state index contributed by atoms with van der Waals surface area (Å²) in [5, 5.41) is 3.09. The smallest absolute Gasteiger partial charge is 0.316 e. The molecule has 8 heteroatoms. The first kappa shape index (κ1) is 16.8. The first-order valence-corrected chi connectivity index (χ1v) is 9.33. The van der Waals surface area contributed by atoms with E-state index in [1.807, 2.05) is 12.1 Å². The lowest BCUT2D eigenvalue weighted by Gasteiger charge is -2.28. The van der Waals surface area contributed by atoms with Gasteiger partial charge in [-0.1, -0.05) is 0 Å². The van der Waals surface area contributed by atoms with Crippen molar-refractivity contribution in [2.24, 2.45) is 0 Å². The van der Waals surface area contributed by atoms with Crippen LogP contribution in [0.15, 0.2) is 36.1 Å². The van der Waals surface area contributed by atoms with E-state index in [0.29, 0.717) is 5.56 Å². The van der Waals surface area contributed by atoms with Gasteiger partial charge in [-0.3, -0.25) is 4.79 Å². The average molecular weight is 372 g/mol. The summed E-state index contributed by atoms with van der Waals surface area (Å²) >= 11 is 1.52. The minimum absolute atomic E-state index is 0.0119. The lowest BCUT2D eigenvalue weighted by Crippen LogP contribution is -2.39. The number of nitrogens with one attached hydrogen (secondary N) is 1. The van der Waals surface area contributed by atoms with Crippen molar-refractivity contribution in [3.63, 3.8) is 0 Å². The van der Waals surface area contributed by atoms with E-state index in [9.17, 15) is 9.18 Å². The lowest BCUT2D eigenvalue weighted by atomic mass is 9.92. The van der Waals surface area contributed by atoms with Crippen LogP contribution >= 0.6 is 11.3 Å². The molecule has 1 saturated carbocycles. The van der Waals surface area contributed by atoms with Crippen LogP contribution in [-0.4, -0.2) is 33.0 Å². The highest BCUT2D eigenvalue weighted by Crippen LogP contribution is 2.23. The Bertz CT molecular complexity index is 907. The van der Waals surface area contributed by atoms with E-state index in [0.717, 1.165) is 48.3 Å². The quantitative estimate of drug-likeness (QED) is 0.760. The Morgan fingerprint density at radius 2 is 1.92 bits per heavy atom. The number of carbonyl (C=O) groups is 1. The minimum Gasteiger partial charge on any atom is -0.460 e. The van der Waals surface area contributed by atoms with Gasteiger partial charge in [-0.05, 0) is 43.9 Å². The highest BCUT2D eigenvalue weighted by molar-refractivity contribution is 7.16. The lowest BCUT2D eigenvalue weighted by molar-refractivity contribution is 0.0885. The second-order valence-corrected chi connectivity index (χ2v) is 7.17. The van der Waals surface area contributed by atoms with E-state index in [1.54, 1.807) is 11.6 Å². The van der Waals surface area contributed by atoms with Crippen LogP contribution in [0.25, 0.3) is 10.2 Å². The van der Waals surface area contributed by atoms with Gasteiger partial charge in [0.2, 0.25) is 0 Å². The Balaban J connectivity index is 1.30. The zero-order valence-electron chi connectivity index (χ0n) is 13.9. The van der Waals surface area contributed by atoms with Crippen molar-refractivity contribution in [2.45, 2.75) is 37.8 Å². The Labute approximate surface area is 153 Å². The Kier molecular flexibility index (Phi) is 4.75. The number of ether oxygens (including phenoxy) is 1. The number of carbonyl (C=O) groups excluding carboxylic acids is 1. The van der Waals surface area contributed by atoms with Gasteiger partial charge in [-0.25, -0.2) is 19.3 Å². The van der Waals surface area contributed by atoms with Gasteiger partial charge in [0, 0.05) is 11.6 Å². The van der Waals surface area contributed by atoms with Crippen LogP contribution in [0.4, 0.5) is 4.39 Å². The number of amides is 1. The molecule has 0 spiro atoms. The first-order valence-electron chi connectivity index (χ1n) is 8.46. The van der Waals surface area contributed by atoms with Crippen LogP contribution in [0.2, 0.25) is 0 Å². The van der Waals surface area contributed by atoms with Gasteiger partial charge in [-0.15, -0.1) is 11.3 Å². The van der Waals surface area contributed by atoms with Crippen LogP contribution in [0, 0.1) is 5.82 Å². The summed E-state index contributed by atoms with van der Waals surface area (Å²) in [6.07, 6.45) is 5.39. The summed E-state index contributed by atoms with van der Waals surface area (Å²) < 4.78 is 19.5. The molecular weight excluding hydrogens is 355 g/mol. The largest absolute Gasteiger partial charge is 0.460 e. The number of benzene rings is 1. The van der Waals surface area contributed by atoms with E-state index >= 15 is 0 Å². The molecule has 1 amide bonds. The van der Waals surface area contributed by atoms with Crippen LogP contribution in [0.5, 0.6) is 6.01 Å². The van der Waals surface area contributed by atoms with E-state index in [-0.39, 0.29) is 24.1 Å². The molecule has 0 bridgehead atoms. The van der Waals surface area contributed by atoms with Crippen molar-refractivity contribution < 1.29 is 13.9 Å². The third-order valence-electron chi connectivity index (χ3n) is 4.47. The molecule has 134 valence electrons. The van der Waals surface area contributed by atoms with E-state index in [2.05, 4.69) is 20.3 Å². The molecule has 0 aliphatic heterocycles. The molecule has 0 unspecified atom stereocenters. The van der Waals surface area contributed by atoms with Gasteiger partial charge in [-0.2, -0.15) is 0 Å². The number of aromatic nitrogens is 3. The number of hydrogen-bond acceptors (Lipinski definition) is 6. The zero-order valence-corrected chi connectivity index (χ0v) is 14.7. The van der Waals surface area contributed by atoms with Gasteiger partial charge in [0.25, 0.3) is 5.91 Å². The van der Waals surface area contributed by atoms with Crippen molar-refractivity contribution in [1.29, 1.82) is 0 Å². The predicted octanol–water partition coefficient (Wildman–Crippen LogP) is 3.35. The monoisotopic (exact) mass is 372 g/mol. The normalized spacial score (nSPS) is 20.0. The van der Waals surface area contributed by atoms with Gasteiger partial charge in [0.05, 0.1) is 28.1 Å². The number of fused-ring (bicyclic) bond motifs is 1. The molecule has 1 aliphatic carbocycles. The summed E-state index contributed by atoms with van der Waals surface area (Å²) in [6.45, 7) is 0. The molecule has 6 nitrogen and oxygen atoms in total. The summed E-state index contributed by atoms with van der Waals surface area (Å²) in [6, 6.07) is 5.86. The van der Waals surface area contributed by atoms with Crippen molar-refractivity contribution >= 4 is 27.5 Å². The number of thiazole rings is 1. The molecular formula is C18H17FN4O2S. The maximum absolute atomic E-state index is 12.8. The molecule has 2 heterocycles. The second-order valence-electron chi connectivity index (χ2n) is 6.28. The fourth-order valence-electron chi connectivity index (χ4n) is 3.10. The number of rotatable bonds is 4. The molecule has 0 saturated heterocycles. The van der Waals surface area contributed by atoms with Gasteiger partial charge in [0.1, 0.15) is 6.10 Å². The SMILES string of the molecule is O=C(NC1CCC(Oc2ncc(F)cn2)CC1)c1ccc2ncsc2c1. The number of hydrogen-bond donors (Lipinski definition) is 1. The fourth-order valence-corrected chi connectivity index (χ4v) is 3.82. The molecule has 3 aromatic rings. The van der Waals surface area contributed by atoms with E-state index in [1.165, 1.54) is 11.3 Å². The maximum atomic E-state index is 12.8. The Morgan fingerprint density at radius 3 is 2.69 bits per heavy atom. The summed E-state index contributed by atoms with van der Waals surface area (Å²) in [4.78, 5) is 24.3. The molecule has 0 atom stereocenters. The molecule has 0 radical (unpaired) electrons. The summed E-state index contributed by atoms with van der Waals surface area (Å²) in [5.74, 6) is -0.549. The minimum atomic E-state index is -0.486. The predicted molar refractivity (Wildman–Crippen MR) is 95.7 cm³/mol. The zero-order chi connectivity index (χ0) is 17.9. The molecule has 2 aromatic heterocycles. The van der Waals surface area contributed by atoms with Crippen molar-refractivity contribution in [3.8, 4) is 6.01 Å². The summed E-state index contributed by atoms with van der Waals surface area (Å²) in [7, 11) is 0. The number of halogens is 1. The summed E-state index contributed by atoms with van der Waals surface area (Å²) in [5.41, 5.74) is 3.34. The first-order chi connectivity index (χ1) is 12.7. The second kappa shape index (κ2) is 7.33. The number of nitrogens with zero attached hydrogens (tertiary/aromatic N) is 3. The van der Waals surface area contributed by atoms with Gasteiger partial charge in [0.15, 0.2) is 5.82 Å². The highest BCUT2D eigenvalue weighted by atomic mass is 32.1. The third-order valence-corrected chi connectivity index (χ3v) is 5.26. The van der Waals surface area contributed by atoms with Gasteiger partial charge < -0.3 is 10.1 Å². The van der Waals surface area contributed by atoms with E-state index < -0.39 is 5.82 Å². The Hall–Kier alpha value is -2.61. The molecule has 1 N–H and O–H groups in total. The Morgan fingerprint density at radius 1 is 1.15 bits per heavy atom. The third kappa shape index (κ3) is 3.80. The van der Waals surface area contributed by atoms with Gasteiger partial charge >= 0.3 is 6.01 Å². The maximum Gasteiger partial charge on any atom is 0.316 e. The molecule has 1 aliphatic rings. The van der Waals surface area contributed by atoms with Crippen molar-refractivity contribution in [2.75, 3.05) is 0 Å². The molecule has 26 heavy (non-hydrogen) atoms. The molecule has 4 rings (SSSR count). The van der Waals surface area contributed by atoms with Crippen LogP contribution in [0.1, 0.15) is 36.0 Å².